The number of rotatable bonds is 3. The first-order valence-electron chi connectivity index (χ1n) is 13.0. The van der Waals surface area contributed by atoms with Gasteiger partial charge in [-0.15, -0.1) is 11.3 Å². The molecule has 0 saturated carbocycles. The molecule has 0 spiro atoms. The summed E-state index contributed by atoms with van der Waals surface area (Å²) in [6, 6.07) is 26.5. The first-order chi connectivity index (χ1) is 18.0. The smallest absolute Gasteiger partial charge is 0.0833 e. The lowest BCUT2D eigenvalue weighted by Gasteiger charge is -2.28. The quantitative estimate of drug-likeness (QED) is 0.214. The van der Waals surface area contributed by atoms with Crippen LogP contribution in [-0.2, 0) is 10.8 Å². The Labute approximate surface area is 239 Å². The van der Waals surface area contributed by atoms with Gasteiger partial charge in [-0.25, -0.2) is 0 Å². The van der Waals surface area contributed by atoms with Crippen molar-refractivity contribution >= 4 is 61.7 Å². The minimum absolute atomic E-state index is 0.0277. The van der Waals surface area contributed by atoms with Crippen LogP contribution in [0.3, 0.4) is 0 Å². The molecule has 0 radical (unpaired) electrons. The largest absolute Gasteiger partial charge is 0.307 e. The summed E-state index contributed by atoms with van der Waals surface area (Å²) in [6.07, 6.45) is 0. The SMILES string of the molecule is Cc1cc(Cl)c(Cl)c(N(c2ccc(C(C)(C)C)cc2)c2csc3cc4c(cc23)-c2ccccc2C4(C)C)c1. The van der Waals surface area contributed by atoms with E-state index >= 15 is 0 Å². The summed E-state index contributed by atoms with van der Waals surface area (Å²) in [5.74, 6) is 0. The van der Waals surface area contributed by atoms with Crippen molar-refractivity contribution in [3.63, 3.8) is 0 Å². The van der Waals surface area contributed by atoms with Crippen molar-refractivity contribution in [3.8, 4) is 11.1 Å². The number of hydrogen-bond acceptors (Lipinski definition) is 2. The Balaban J connectivity index is 1.61. The van der Waals surface area contributed by atoms with E-state index in [1.165, 1.54) is 37.9 Å². The van der Waals surface area contributed by atoms with Crippen LogP contribution >= 0.6 is 34.5 Å². The molecule has 0 fully saturated rings. The molecule has 6 rings (SSSR count). The van der Waals surface area contributed by atoms with Crippen molar-refractivity contribution in [2.75, 3.05) is 4.90 Å². The van der Waals surface area contributed by atoms with Gasteiger partial charge in [-0.3, -0.25) is 0 Å². The van der Waals surface area contributed by atoms with E-state index < -0.39 is 0 Å². The second kappa shape index (κ2) is 8.88. The van der Waals surface area contributed by atoms with E-state index in [9.17, 15) is 0 Å². The number of anilines is 3. The van der Waals surface area contributed by atoms with Crippen molar-refractivity contribution in [1.82, 2.24) is 0 Å². The summed E-state index contributed by atoms with van der Waals surface area (Å²) in [6.45, 7) is 13.4. The molecular weight excluding hydrogens is 525 g/mol. The molecule has 0 saturated heterocycles. The third-order valence-electron chi connectivity index (χ3n) is 7.88. The molecular formula is C34H31Cl2NS. The molecule has 1 aliphatic carbocycles. The first kappa shape index (κ1) is 25.5. The molecule has 192 valence electrons. The van der Waals surface area contributed by atoms with Gasteiger partial charge in [0.15, 0.2) is 0 Å². The highest BCUT2D eigenvalue weighted by atomic mass is 35.5. The minimum Gasteiger partial charge on any atom is -0.307 e. The van der Waals surface area contributed by atoms with E-state index in [1.807, 2.05) is 6.07 Å². The Morgan fingerprint density at radius 2 is 1.50 bits per heavy atom. The third-order valence-corrected chi connectivity index (χ3v) is 9.61. The maximum atomic E-state index is 6.91. The van der Waals surface area contributed by atoms with Crippen LogP contribution < -0.4 is 4.90 Å². The second-order valence-electron chi connectivity index (χ2n) is 11.9. The Morgan fingerprint density at radius 3 is 2.21 bits per heavy atom. The zero-order valence-electron chi connectivity index (χ0n) is 22.6. The van der Waals surface area contributed by atoms with Crippen LogP contribution in [0.25, 0.3) is 21.2 Å². The van der Waals surface area contributed by atoms with E-state index in [0.717, 1.165) is 22.6 Å². The molecule has 0 N–H and O–H groups in total. The van der Waals surface area contributed by atoms with Gasteiger partial charge in [0.05, 0.1) is 21.4 Å². The molecule has 0 amide bonds. The molecule has 0 bridgehead atoms. The number of hydrogen-bond donors (Lipinski definition) is 0. The fourth-order valence-electron chi connectivity index (χ4n) is 5.77. The van der Waals surface area contributed by atoms with Gasteiger partial charge in [0.1, 0.15) is 0 Å². The number of nitrogens with zero attached hydrogens (tertiary/aromatic N) is 1. The molecule has 1 aliphatic rings. The van der Waals surface area contributed by atoms with E-state index in [4.69, 9.17) is 23.2 Å². The van der Waals surface area contributed by atoms with Gasteiger partial charge >= 0.3 is 0 Å². The summed E-state index contributed by atoms with van der Waals surface area (Å²) in [7, 11) is 0. The average Bonchev–Trinajstić information content (AvgIpc) is 3.37. The van der Waals surface area contributed by atoms with Crippen molar-refractivity contribution in [1.29, 1.82) is 0 Å². The summed E-state index contributed by atoms with van der Waals surface area (Å²) in [5.41, 5.74) is 10.9. The van der Waals surface area contributed by atoms with Crippen LogP contribution in [-0.4, -0.2) is 0 Å². The Morgan fingerprint density at radius 1 is 0.789 bits per heavy atom. The fraction of sp³-hybridized carbons (Fsp3) is 0.235. The van der Waals surface area contributed by atoms with Gasteiger partial charge in [-0.05, 0) is 82.1 Å². The van der Waals surface area contributed by atoms with E-state index in [0.29, 0.717) is 10.0 Å². The monoisotopic (exact) mass is 555 g/mol. The van der Waals surface area contributed by atoms with Crippen molar-refractivity contribution in [2.24, 2.45) is 0 Å². The zero-order valence-corrected chi connectivity index (χ0v) is 24.9. The Hall–Kier alpha value is -2.78. The number of halogens is 2. The molecule has 1 heterocycles. The number of thiophene rings is 1. The maximum Gasteiger partial charge on any atom is 0.0833 e. The minimum atomic E-state index is -0.0277. The van der Waals surface area contributed by atoms with Crippen molar-refractivity contribution < 1.29 is 0 Å². The lowest BCUT2D eigenvalue weighted by molar-refractivity contribution is 0.590. The Bertz CT molecular complexity index is 1700. The summed E-state index contributed by atoms with van der Waals surface area (Å²) < 4.78 is 1.27. The highest BCUT2D eigenvalue weighted by molar-refractivity contribution is 7.17. The fourth-order valence-corrected chi connectivity index (χ4v) is 7.18. The van der Waals surface area contributed by atoms with Crippen molar-refractivity contribution in [3.05, 3.63) is 110 Å². The van der Waals surface area contributed by atoms with Crippen LogP contribution in [0.1, 0.15) is 56.9 Å². The van der Waals surface area contributed by atoms with Gasteiger partial charge in [-0.1, -0.05) is 94.2 Å². The van der Waals surface area contributed by atoms with Gasteiger partial charge in [-0.2, -0.15) is 0 Å². The number of benzene rings is 4. The molecule has 0 aliphatic heterocycles. The molecule has 0 atom stereocenters. The standard InChI is InChI=1S/C34H31Cl2NS/c1-20-15-28(35)32(36)29(16-20)37(22-13-11-21(12-14-22)33(2,3)4)30-19-38-31-18-27-24(17-25(30)31)23-9-7-8-10-26(23)34(27,5)6/h7-19H,1-6H3. The highest BCUT2D eigenvalue weighted by Gasteiger charge is 2.36. The predicted octanol–water partition coefficient (Wildman–Crippen LogP) is 11.6. The average molecular weight is 557 g/mol. The highest BCUT2D eigenvalue weighted by Crippen LogP contribution is 2.53. The molecule has 1 nitrogen and oxygen atoms in total. The van der Waals surface area contributed by atoms with Gasteiger partial charge < -0.3 is 4.90 Å². The van der Waals surface area contributed by atoms with Crippen LogP contribution in [0, 0.1) is 6.92 Å². The van der Waals surface area contributed by atoms with Gasteiger partial charge in [0.2, 0.25) is 0 Å². The number of aryl methyl sites for hydroxylation is 1. The Kier molecular flexibility index (Phi) is 5.96. The molecule has 4 heteroatoms. The predicted molar refractivity (Wildman–Crippen MR) is 168 cm³/mol. The zero-order chi connectivity index (χ0) is 27.0. The van der Waals surface area contributed by atoms with E-state index in [1.54, 1.807) is 11.3 Å². The van der Waals surface area contributed by atoms with E-state index in [2.05, 4.69) is 119 Å². The van der Waals surface area contributed by atoms with E-state index in [-0.39, 0.29) is 10.8 Å². The molecule has 5 aromatic rings. The third kappa shape index (κ3) is 3.97. The van der Waals surface area contributed by atoms with Crippen LogP contribution in [0.4, 0.5) is 17.1 Å². The second-order valence-corrected chi connectivity index (χ2v) is 13.6. The summed E-state index contributed by atoms with van der Waals surface area (Å²) >= 11 is 15.3. The topological polar surface area (TPSA) is 3.24 Å². The van der Waals surface area contributed by atoms with Gasteiger partial charge in [0, 0.05) is 26.6 Å². The summed E-state index contributed by atoms with van der Waals surface area (Å²) in [4.78, 5) is 2.27. The van der Waals surface area contributed by atoms with Gasteiger partial charge in [0.25, 0.3) is 0 Å². The molecule has 1 aromatic heterocycles. The molecule has 0 unspecified atom stereocenters. The normalized spacial score (nSPS) is 14.0. The van der Waals surface area contributed by atoms with Crippen LogP contribution in [0.5, 0.6) is 0 Å². The lowest BCUT2D eigenvalue weighted by atomic mass is 9.82. The molecule has 4 aromatic carbocycles. The van der Waals surface area contributed by atoms with Crippen LogP contribution in [0.2, 0.25) is 10.0 Å². The first-order valence-corrected chi connectivity index (χ1v) is 14.6. The summed E-state index contributed by atoms with van der Waals surface area (Å²) in [5, 5.41) is 4.59. The van der Waals surface area contributed by atoms with Crippen molar-refractivity contribution in [2.45, 2.75) is 52.4 Å². The molecule has 38 heavy (non-hydrogen) atoms. The number of fused-ring (bicyclic) bond motifs is 4. The lowest BCUT2D eigenvalue weighted by Crippen LogP contribution is -2.15. The maximum absolute atomic E-state index is 6.91. The van der Waals surface area contributed by atoms with Crippen LogP contribution in [0.15, 0.2) is 78.2 Å².